The average Bonchev–Trinajstić information content (AvgIpc) is 2.61. The largest absolute Gasteiger partial charge is 1.00 e. The van der Waals surface area contributed by atoms with E-state index in [0.717, 1.165) is 43.1 Å². The first kappa shape index (κ1) is 18.3. The van der Waals surface area contributed by atoms with Crippen molar-refractivity contribution in [1.29, 1.82) is 0 Å². The quantitative estimate of drug-likeness (QED) is 0.748. The predicted molar refractivity (Wildman–Crippen MR) is 90.4 cm³/mol. The van der Waals surface area contributed by atoms with Crippen molar-refractivity contribution >= 4 is 11.6 Å². The molecule has 3 rings (SSSR count). The van der Waals surface area contributed by atoms with Gasteiger partial charge in [-0.3, -0.25) is 9.69 Å². The van der Waals surface area contributed by atoms with Gasteiger partial charge in [-0.1, -0.05) is 17.7 Å². The SMILES string of the molecule is COc1ccc([NH+]2CCN(C(=O)c3cccc(C)c3)CC2)cc1.[Cl-]. The molecule has 1 fully saturated rings. The highest BCUT2D eigenvalue weighted by Crippen LogP contribution is 2.13. The number of quaternary nitrogens is 1. The lowest BCUT2D eigenvalue weighted by Crippen LogP contribution is -3.10. The molecule has 2 aromatic rings. The highest BCUT2D eigenvalue weighted by molar-refractivity contribution is 5.94. The van der Waals surface area contributed by atoms with Crippen molar-refractivity contribution in [2.45, 2.75) is 6.92 Å². The Bertz CT molecular complexity index is 680. The molecular formula is C19H23ClN2O2. The second-order valence-electron chi connectivity index (χ2n) is 5.99. The first-order valence-corrected chi connectivity index (χ1v) is 8.02. The predicted octanol–water partition coefficient (Wildman–Crippen LogP) is -1.32. The second-order valence-corrected chi connectivity index (χ2v) is 5.99. The maximum absolute atomic E-state index is 12.6. The van der Waals surface area contributed by atoms with E-state index in [9.17, 15) is 4.79 Å². The molecule has 1 aliphatic rings. The molecule has 0 spiro atoms. The van der Waals surface area contributed by atoms with Gasteiger partial charge in [0.15, 0.2) is 0 Å². The summed E-state index contributed by atoms with van der Waals surface area (Å²) in [5, 5.41) is 0. The fourth-order valence-corrected chi connectivity index (χ4v) is 3.06. The number of piperazine rings is 1. The standard InChI is InChI=1S/C19H22N2O2.ClH/c1-15-4-3-5-16(14-15)19(22)21-12-10-20(11-13-21)17-6-8-18(23-2)9-7-17;/h3-9,14H,10-13H2,1-2H3;1H. The molecule has 0 radical (unpaired) electrons. The molecule has 0 bridgehead atoms. The minimum atomic E-state index is 0. The Balaban J connectivity index is 0.00000208. The molecule has 0 aromatic heterocycles. The minimum Gasteiger partial charge on any atom is -1.00 e. The molecule has 1 heterocycles. The number of methoxy groups -OCH3 is 1. The summed E-state index contributed by atoms with van der Waals surface area (Å²) in [5.74, 6) is 1.02. The topological polar surface area (TPSA) is 34.0 Å². The van der Waals surface area contributed by atoms with E-state index in [0.29, 0.717) is 0 Å². The second kappa shape index (κ2) is 8.18. The van der Waals surface area contributed by atoms with Gasteiger partial charge in [0.1, 0.15) is 11.4 Å². The molecule has 1 amide bonds. The number of aryl methyl sites for hydroxylation is 1. The van der Waals surface area contributed by atoms with Gasteiger partial charge in [-0.05, 0) is 31.2 Å². The van der Waals surface area contributed by atoms with E-state index in [1.165, 1.54) is 10.6 Å². The Hall–Kier alpha value is -2.04. The van der Waals surface area contributed by atoms with Crippen LogP contribution in [-0.4, -0.2) is 44.1 Å². The van der Waals surface area contributed by atoms with Crippen LogP contribution in [0.4, 0.5) is 5.69 Å². The number of carbonyl (C=O) groups excluding carboxylic acids is 1. The van der Waals surface area contributed by atoms with Crippen LogP contribution in [0.15, 0.2) is 48.5 Å². The molecule has 1 N–H and O–H groups in total. The summed E-state index contributed by atoms with van der Waals surface area (Å²) in [6.07, 6.45) is 0. The smallest absolute Gasteiger partial charge is 0.254 e. The van der Waals surface area contributed by atoms with Crippen LogP contribution < -0.4 is 22.0 Å². The molecule has 2 aromatic carbocycles. The molecule has 5 heteroatoms. The highest BCUT2D eigenvalue weighted by Gasteiger charge is 2.25. The summed E-state index contributed by atoms with van der Waals surface area (Å²) in [7, 11) is 1.68. The van der Waals surface area contributed by atoms with Gasteiger partial charge in [0.25, 0.3) is 5.91 Å². The summed E-state index contributed by atoms with van der Waals surface area (Å²) >= 11 is 0. The lowest BCUT2D eigenvalue weighted by Gasteiger charge is -2.32. The molecule has 1 aliphatic heterocycles. The summed E-state index contributed by atoms with van der Waals surface area (Å²) < 4.78 is 5.20. The van der Waals surface area contributed by atoms with Gasteiger partial charge in [-0.25, -0.2) is 0 Å². The van der Waals surface area contributed by atoms with E-state index >= 15 is 0 Å². The maximum atomic E-state index is 12.6. The number of carbonyl (C=O) groups is 1. The van der Waals surface area contributed by atoms with E-state index in [1.54, 1.807) is 7.11 Å². The zero-order valence-corrected chi connectivity index (χ0v) is 14.8. The number of hydrogen-bond donors (Lipinski definition) is 1. The lowest BCUT2D eigenvalue weighted by molar-refractivity contribution is -0.837. The van der Waals surface area contributed by atoms with Gasteiger partial charge in [-0.15, -0.1) is 0 Å². The van der Waals surface area contributed by atoms with Crippen LogP contribution in [0.5, 0.6) is 5.75 Å². The molecule has 0 aliphatic carbocycles. The lowest BCUT2D eigenvalue weighted by atomic mass is 10.1. The zero-order valence-electron chi connectivity index (χ0n) is 14.1. The Morgan fingerprint density at radius 1 is 1.08 bits per heavy atom. The van der Waals surface area contributed by atoms with Crippen molar-refractivity contribution in [3.05, 3.63) is 59.7 Å². The third-order valence-corrected chi connectivity index (χ3v) is 4.42. The number of rotatable bonds is 3. The van der Waals surface area contributed by atoms with Gasteiger partial charge < -0.3 is 22.0 Å². The summed E-state index contributed by atoms with van der Waals surface area (Å²) in [5.41, 5.74) is 3.17. The Labute approximate surface area is 149 Å². The number of nitrogens with zero attached hydrogens (tertiary/aromatic N) is 1. The molecule has 0 unspecified atom stereocenters. The van der Waals surface area contributed by atoms with Crippen molar-refractivity contribution in [2.75, 3.05) is 33.3 Å². The van der Waals surface area contributed by atoms with E-state index in [4.69, 9.17) is 4.74 Å². The molecule has 24 heavy (non-hydrogen) atoms. The van der Waals surface area contributed by atoms with Gasteiger partial charge >= 0.3 is 0 Å². The summed E-state index contributed by atoms with van der Waals surface area (Å²) in [4.78, 5) is 16.0. The first-order valence-electron chi connectivity index (χ1n) is 8.02. The molecular weight excluding hydrogens is 324 g/mol. The number of amides is 1. The Morgan fingerprint density at radius 3 is 2.33 bits per heavy atom. The molecule has 1 saturated heterocycles. The first-order chi connectivity index (χ1) is 11.2. The fourth-order valence-electron chi connectivity index (χ4n) is 3.06. The van der Waals surface area contributed by atoms with Crippen molar-refractivity contribution in [2.24, 2.45) is 0 Å². The number of hydrogen-bond acceptors (Lipinski definition) is 2. The monoisotopic (exact) mass is 346 g/mol. The van der Waals surface area contributed by atoms with Crippen LogP contribution in [0.2, 0.25) is 0 Å². The van der Waals surface area contributed by atoms with Crippen molar-refractivity contribution in [3.8, 4) is 5.75 Å². The van der Waals surface area contributed by atoms with Gasteiger partial charge in [0.05, 0.1) is 33.3 Å². The van der Waals surface area contributed by atoms with Gasteiger partial charge in [0, 0.05) is 17.7 Å². The van der Waals surface area contributed by atoms with Gasteiger partial charge in [-0.2, -0.15) is 0 Å². The highest BCUT2D eigenvalue weighted by atomic mass is 35.5. The number of nitrogens with one attached hydrogen (secondary N) is 1. The summed E-state index contributed by atoms with van der Waals surface area (Å²) in [6, 6.07) is 16.0. The Morgan fingerprint density at radius 2 is 1.75 bits per heavy atom. The average molecular weight is 347 g/mol. The molecule has 0 saturated carbocycles. The van der Waals surface area contributed by atoms with Crippen molar-refractivity contribution in [3.63, 3.8) is 0 Å². The Kier molecular flexibility index (Phi) is 6.23. The number of benzene rings is 2. The van der Waals surface area contributed by atoms with Crippen LogP contribution in [0.1, 0.15) is 15.9 Å². The van der Waals surface area contributed by atoms with Crippen LogP contribution in [0.25, 0.3) is 0 Å². The third-order valence-electron chi connectivity index (χ3n) is 4.42. The maximum Gasteiger partial charge on any atom is 0.254 e. The van der Waals surface area contributed by atoms with E-state index in [1.807, 2.05) is 48.2 Å². The van der Waals surface area contributed by atoms with Crippen molar-refractivity contribution in [1.82, 2.24) is 4.90 Å². The zero-order chi connectivity index (χ0) is 16.2. The van der Waals surface area contributed by atoms with Crippen molar-refractivity contribution < 1.29 is 26.8 Å². The fraction of sp³-hybridized carbons (Fsp3) is 0.316. The summed E-state index contributed by atoms with van der Waals surface area (Å²) in [6.45, 7) is 5.46. The van der Waals surface area contributed by atoms with Crippen LogP contribution in [0, 0.1) is 6.92 Å². The molecule has 128 valence electrons. The minimum absolute atomic E-state index is 0. The van der Waals surface area contributed by atoms with Gasteiger partial charge in [0.2, 0.25) is 0 Å². The van der Waals surface area contributed by atoms with Crippen LogP contribution in [-0.2, 0) is 0 Å². The normalized spacial score (nSPS) is 14.8. The third kappa shape index (κ3) is 4.08. The van der Waals surface area contributed by atoms with E-state index in [-0.39, 0.29) is 18.3 Å². The number of halogens is 1. The molecule has 4 nitrogen and oxygen atoms in total. The van der Waals surface area contributed by atoms with Crippen LogP contribution in [0.3, 0.4) is 0 Å². The van der Waals surface area contributed by atoms with Crippen LogP contribution >= 0.6 is 0 Å². The van der Waals surface area contributed by atoms with E-state index in [2.05, 4.69) is 12.1 Å². The van der Waals surface area contributed by atoms with E-state index < -0.39 is 0 Å². The number of ether oxygens (including phenoxy) is 1. The molecule has 0 atom stereocenters.